The van der Waals surface area contributed by atoms with E-state index in [9.17, 15) is 26.0 Å². The van der Waals surface area contributed by atoms with Crippen molar-refractivity contribution in [3.8, 4) is 0 Å². The number of nitrogens with zero attached hydrogens (tertiary/aromatic N) is 2. The molecule has 0 aliphatic carbocycles. The fourth-order valence-electron chi connectivity index (χ4n) is 3.75. The number of aryl methyl sites for hydroxylation is 1. The third-order valence-corrected chi connectivity index (χ3v) is 9.14. The Hall–Kier alpha value is -3.05. The highest BCUT2D eigenvalue weighted by Gasteiger charge is 2.37. The molecule has 0 radical (unpaired) electrons. The van der Waals surface area contributed by atoms with E-state index in [-0.39, 0.29) is 40.5 Å². The summed E-state index contributed by atoms with van der Waals surface area (Å²) in [5.41, 5.74) is 2.95. The Morgan fingerprint density at radius 3 is 2.29 bits per heavy atom. The second kappa shape index (κ2) is 10.1. The lowest BCUT2D eigenvalue weighted by molar-refractivity contribution is 0.0945. The van der Waals surface area contributed by atoms with Crippen molar-refractivity contribution in [1.82, 2.24) is 9.83 Å². The first-order chi connectivity index (χ1) is 16.0. The molecule has 0 spiro atoms. The summed E-state index contributed by atoms with van der Waals surface area (Å²) in [6, 6.07) is 8.76. The van der Waals surface area contributed by atoms with Gasteiger partial charge in [-0.2, -0.15) is 5.10 Å². The number of hydrogen-bond donors (Lipinski definition) is 1. The number of rotatable bonds is 9. The molecular weight excluding hydrogens is 481 g/mol. The van der Waals surface area contributed by atoms with Crippen molar-refractivity contribution in [3.05, 3.63) is 65.2 Å². The molecular formula is C23H26FN3O5S2. The van der Waals surface area contributed by atoms with E-state index >= 15 is 0 Å². The van der Waals surface area contributed by atoms with Gasteiger partial charge in [-0.15, -0.1) is 0 Å². The van der Waals surface area contributed by atoms with E-state index < -0.39 is 36.3 Å². The number of fused-ring (bicyclic) bond motifs is 1. The highest BCUT2D eigenvalue weighted by molar-refractivity contribution is 7.94. The standard InChI is InChI=1S/C23H26FN3O5S2/c1-4-12-33(29,30)21-19-16(3)8-7-11-27(19)20(22(21)34(31,32)13-5-2)23(28)26-25-15-17-9-6-10-18(24)14-17/h6-11,14-15H,4-5,12-13H2,1-3H3,(H,26,28)/b25-15-. The summed E-state index contributed by atoms with van der Waals surface area (Å²) in [6.45, 7) is 4.99. The predicted octanol–water partition coefficient (Wildman–Crippen LogP) is 3.52. The van der Waals surface area contributed by atoms with Crippen LogP contribution in [0.4, 0.5) is 4.39 Å². The number of amides is 1. The zero-order chi connectivity index (χ0) is 25.1. The molecule has 0 atom stereocenters. The van der Waals surface area contributed by atoms with E-state index in [4.69, 9.17) is 0 Å². The molecule has 1 N–H and O–H groups in total. The van der Waals surface area contributed by atoms with Crippen molar-refractivity contribution in [2.45, 2.75) is 43.4 Å². The van der Waals surface area contributed by atoms with Gasteiger partial charge < -0.3 is 4.40 Å². The second-order valence-electron chi connectivity index (χ2n) is 7.81. The van der Waals surface area contributed by atoms with E-state index in [0.717, 1.165) is 0 Å². The average molecular weight is 508 g/mol. The Kier molecular flexibility index (Phi) is 7.57. The first-order valence-corrected chi connectivity index (χ1v) is 14.0. The number of carbonyl (C=O) groups excluding carboxylic acids is 1. The van der Waals surface area contributed by atoms with Gasteiger partial charge in [0, 0.05) is 6.20 Å². The topological polar surface area (TPSA) is 114 Å². The normalized spacial score (nSPS) is 12.5. The molecule has 3 rings (SSSR count). The highest BCUT2D eigenvalue weighted by Crippen LogP contribution is 2.35. The summed E-state index contributed by atoms with van der Waals surface area (Å²) in [6.07, 6.45) is 3.16. The average Bonchev–Trinajstić information content (AvgIpc) is 3.12. The number of hydrazone groups is 1. The van der Waals surface area contributed by atoms with Crippen LogP contribution in [0.5, 0.6) is 0 Å². The molecule has 2 heterocycles. The summed E-state index contributed by atoms with van der Waals surface area (Å²) in [7, 11) is -8.17. The number of pyridine rings is 1. The van der Waals surface area contributed by atoms with E-state index in [1.54, 1.807) is 39.0 Å². The molecule has 2 aromatic heterocycles. The summed E-state index contributed by atoms with van der Waals surface area (Å²) >= 11 is 0. The van der Waals surface area contributed by atoms with Crippen LogP contribution in [0.3, 0.4) is 0 Å². The van der Waals surface area contributed by atoms with Crippen molar-refractivity contribution in [1.29, 1.82) is 0 Å². The lowest BCUT2D eigenvalue weighted by Gasteiger charge is -2.09. The van der Waals surface area contributed by atoms with Crippen LogP contribution in [0, 0.1) is 12.7 Å². The van der Waals surface area contributed by atoms with Gasteiger partial charge in [0.25, 0.3) is 5.91 Å². The molecule has 3 aromatic rings. The van der Waals surface area contributed by atoms with Crippen LogP contribution in [0.2, 0.25) is 0 Å². The SMILES string of the molecule is CCCS(=O)(=O)c1c(S(=O)(=O)CCC)c2c(C)cccn2c1C(=O)N/N=C\c1cccc(F)c1. The van der Waals surface area contributed by atoms with Crippen LogP contribution < -0.4 is 5.43 Å². The molecule has 0 aliphatic heterocycles. The molecule has 0 unspecified atom stereocenters. The smallest absolute Gasteiger partial charge is 0.289 e. The first-order valence-electron chi connectivity index (χ1n) is 10.7. The minimum atomic E-state index is -4.14. The van der Waals surface area contributed by atoms with E-state index in [1.165, 1.54) is 35.0 Å². The monoisotopic (exact) mass is 507 g/mol. The van der Waals surface area contributed by atoms with Gasteiger partial charge in [0.2, 0.25) is 0 Å². The van der Waals surface area contributed by atoms with Crippen molar-refractivity contribution in [3.63, 3.8) is 0 Å². The summed E-state index contributed by atoms with van der Waals surface area (Å²) in [5, 5.41) is 3.82. The van der Waals surface area contributed by atoms with Gasteiger partial charge >= 0.3 is 0 Å². The fourth-order valence-corrected chi connectivity index (χ4v) is 7.80. The summed E-state index contributed by atoms with van der Waals surface area (Å²) in [5.74, 6) is -1.98. The number of hydrogen-bond acceptors (Lipinski definition) is 6. The van der Waals surface area contributed by atoms with Crippen molar-refractivity contribution >= 4 is 37.3 Å². The maximum atomic E-state index is 13.4. The van der Waals surface area contributed by atoms with Crippen LogP contribution in [0.25, 0.3) is 5.52 Å². The Morgan fingerprint density at radius 1 is 1.03 bits per heavy atom. The quantitative estimate of drug-likeness (QED) is 0.352. The van der Waals surface area contributed by atoms with E-state index in [0.29, 0.717) is 11.1 Å². The molecule has 0 aliphatic rings. The number of halogens is 1. The van der Waals surface area contributed by atoms with Gasteiger partial charge in [-0.1, -0.05) is 32.0 Å². The maximum Gasteiger partial charge on any atom is 0.289 e. The second-order valence-corrected chi connectivity index (χ2v) is 11.9. The zero-order valence-corrected chi connectivity index (χ0v) is 20.7. The van der Waals surface area contributed by atoms with Gasteiger partial charge in [-0.3, -0.25) is 4.79 Å². The van der Waals surface area contributed by atoms with Gasteiger partial charge in [-0.25, -0.2) is 26.7 Å². The molecule has 34 heavy (non-hydrogen) atoms. The molecule has 1 aromatic carbocycles. The number of carbonyl (C=O) groups is 1. The highest BCUT2D eigenvalue weighted by atomic mass is 32.2. The summed E-state index contributed by atoms with van der Waals surface area (Å²) in [4.78, 5) is 12.3. The van der Waals surface area contributed by atoms with Crippen LogP contribution in [0.1, 0.15) is 48.3 Å². The number of nitrogens with one attached hydrogen (secondary N) is 1. The van der Waals surface area contributed by atoms with Crippen molar-refractivity contribution in [2.24, 2.45) is 5.10 Å². The Balaban J connectivity index is 2.26. The third-order valence-electron chi connectivity index (χ3n) is 5.08. The van der Waals surface area contributed by atoms with E-state index in [1.807, 2.05) is 0 Å². The minimum Gasteiger partial charge on any atom is -0.310 e. The Morgan fingerprint density at radius 2 is 1.68 bits per heavy atom. The molecule has 1 amide bonds. The molecule has 0 bridgehead atoms. The van der Waals surface area contributed by atoms with Gasteiger partial charge in [0.15, 0.2) is 19.7 Å². The molecule has 11 heteroatoms. The number of aromatic nitrogens is 1. The van der Waals surface area contributed by atoms with Crippen LogP contribution in [-0.2, 0) is 19.7 Å². The predicted molar refractivity (Wildman–Crippen MR) is 128 cm³/mol. The third kappa shape index (κ3) is 5.05. The number of benzene rings is 1. The van der Waals surface area contributed by atoms with Crippen LogP contribution in [-0.4, -0.2) is 44.9 Å². The Labute approximate surface area is 198 Å². The zero-order valence-electron chi connectivity index (χ0n) is 19.1. The summed E-state index contributed by atoms with van der Waals surface area (Å²) < 4.78 is 67.8. The number of sulfone groups is 2. The maximum absolute atomic E-state index is 13.4. The molecule has 0 fully saturated rings. The Bertz CT molecular complexity index is 1480. The minimum absolute atomic E-state index is 0.143. The molecule has 0 saturated carbocycles. The molecule has 8 nitrogen and oxygen atoms in total. The van der Waals surface area contributed by atoms with Crippen molar-refractivity contribution < 1.29 is 26.0 Å². The molecule has 182 valence electrons. The van der Waals surface area contributed by atoms with E-state index in [2.05, 4.69) is 10.5 Å². The lowest BCUT2D eigenvalue weighted by atomic mass is 10.2. The largest absolute Gasteiger partial charge is 0.310 e. The van der Waals surface area contributed by atoms with Crippen LogP contribution in [0.15, 0.2) is 57.5 Å². The fraction of sp³-hybridized carbons (Fsp3) is 0.304. The molecule has 0 saturated heterocycles. The van der Waals surface area contributed by atoms with Crippen molar-refractivity contribution in [2.75, 3.05) is 11.5 Å². The first kappa shape index (κ1) is 25.6. The van der Waals surface area contributed by atoms with Crippen LogP contribution >= 0.6 is 0 Å². The van der Waals surface area contributed by atoms with Gasteiger partial charge in [0.05, 0.1) is 23.2 Å². The van der Waals surface area contributed by atoms with Gasteiger partial charge in [0.1, 0.15) is 21.3 Å². The van der Waals surface area contributed by atoms with Gasteiger partial charge in [-0.05, 0) is 49.1 Å². The lowest BCUT2D eigenvalue weighted by Crippen LogP contribution is -2.23.